The molecule has 0 heterocycles. The van der Waals surface area contributed by atoms with Gasteiger partial charge in [-0.25, -0.2) is 4.79 Å². The molecule has 0 unspecified atom stereocenters. The zero-order valence-electron chi connectivity index (χ0n) is 12.3. The summed E-state index contributed by atoms with van der Waals surface area (Å²) in [4.78, 5) is 23.7. The molecule has 2 aromatic rings. The minimum absolute atomic E-state index is 0.0120. The van der Waals surface area contributed by atoms with Crippen molar-refractivity contribution in [2.24, 2.45) is 0 Å². The lowest BCUT2D eigenvalue weighted by atomic mass is 10.0. The average molecular weight is 355 g/mol. The van der Waals surface area contributed by atoms with Crippen LogP contribution in [0.1, 0.15) is 31.8 Å². The van der Waals surface area contributed by atoms with Gasteiger partial charge in [0.15, 0.2) is 0 Å². The van der Waals surface area contributed by atoms with Gasteiger partial charge in [-0.1, -0.05) is 12.1 Å². The number of carboxylic acid groups (broad SMARTS) is 1. The number of aryl methyl sites for hydroxylation is 1. The van der Waals surface area contributed by atoms with Crippen LogP contribution in [-0.4, -0.2) is 17.0 Å². The average Bonchev–Trinajstić information content (AvgIpc) is 2.48. The van der Waals surface area contributed by atoms with Gasteiger partial charge in [0.2, 0.25) is 0 Å². The highest BCUT2D eigenvalue weighted by atomic mass is 32.1. The van der Waals surface area contributed by atoms with Gasteiger partial charge in [0.1, 0.15) is 0 Å². The van der Waals surface area contributed by atoms with Crippen LogP contribution in [0.2, 0.25) is 0 Å². The van der Waals surface area contributed by atoms with E-state index in [-0.39, 0.29) is 16.8 Å². The van der Waals surface area contributed by atoms with E-state index in [0.29, 0.717) is 11.0 Å². The minimum Gasteiger partial charge on any atom is -0.478 e. The molecule has 0 aliphatic heterocycles. The Hall–Kier alpha value is -2.48. The number of hydrogen-bond acceptors (Lipinski definition) is 3. The van der Waals surface area contributed by atoms with E-state index in [0.717, 1.165) is 6.07 Å². The molecule has 0 atom stereocenters. The topological polar surface area (TPSA) is 66.4 Å². The van der Waals surface area contributed by atoms with Crippen molar-refractivity contribution >= 4 is 30.2 Å². The number of anilines is 1. The third kappa shape index (κ3) is 3.70. The van der Waals surface area contributed by atoms with E-state index < -0.39 is 29.2 Å². The van der Waals surface area contributed by atoms with Crippen molar-refractivity contribution in [1.29, 1.82) is 0 Å². The minimum atomic E-state index is -4.81. The van der Waals surface area contributed by atoms with Gasteiger partial charge in [0.25, 0.3) is 5.91 Å². The first-order chi connectivity index (χ1) is 11.1. The van der Waals surface area contributed by atoms with Gasteiger partial charge in [0.05, 0.1) is 16.7 Å². The standard InChI is InChI=1S/C16H12F3NO3S/c1-8-6-11(16(17,18)19)10(15(22)23)7-12(8)20-14(21)9-4-2-3-5-13(9)24/h2-7,24H,1H3,(H,20,21)(H,22,23). The number of nitrogens with one attached hydrogen (secondary N) is 1. The van der Waals surface area contributed by atoms with Crippen molar-refractivity contribution in [3.8, 4) is 0 Å². The van der Waals surface area contributed by atoms with E-state index in [4.69, 9.17) is 5.11 Å². The second kappa shape index (κ2) is 6.56. The summed E-state index contributed by atoms with van der Waals surface area (Å²) in [5, 5.41) is 11.4. The third-order valence-electron chi connectivity index (χ3n) is 3.30. The quantitative estimate of drug-likeness (QED) is 0.721. The highest BCUT2D eigenvalue weighted by Crippen LogP contribution is 2.35. The molecule has 0 aromatic heterocycles. The molecule has 0 fully saturated rings. The van der Waals surface area contributed by atoms with Gasteiger partial charge in [-0.05, 0) is 36.8 Å². The molecule has 0 spiro atoms. The van der Waals surface area contributed by atoms with Crippen LogP contribution in [0, 0.1) is 6.92 Å². The molecule has 126 valence electrons. The van der Waals surface area contributed by atoms with E-state index in [1.165, 1.54) is 13.0 Å². The number of benzene rings is 2. The number of alkyl halides is 3. The lowest BCUT2D eigenvalue weighted by molar-refractivity contribution is -0.138. The molecule has 2 rings (SSSR count). The van der Waals surface area contributed by atoms with Crippen molar-refractivity contribution in [3.63, 3.8) is 0 Å². The van der Waals surface area contributed by atoms with Crippen LogP contribution in [-0.2, 0) is 6.18 Å². The van der Waals surface area contributed by atoms with E-state index >= 15 is 0 Å². The SMILES string of the molecule is Cc1cc(C(F)(F)F)c(C(=O)O)cc1NC(=O)c1ccccc1S. The number of hydrogen-bond donors (Lipinski definition) is 3. The molecule has 2 N–H and O–H groups in total. The molecule has 0 aliphatic rings. The van der Waals surface area contributed by atoms with E-state index in [9.17, 15) is 22.8 Å². The molecule has 0 saturated heterocycles. The molecular formula is C16H12F3NO3S. The first-order valence-corrected chi connectivity index (χ1v) is 7.10. The molecular weight excluding hydrogens is 343 g/mol. The summed E-state index contributed by atoms with van der Waals surface area (Å²) in [5.41, 5.74) is -1.89. The number of aromatic carboxylic acids is 1. The molecule has 0 radical (unpaired) electrons. The van der Waals surface area contributed by atoms with Crippen molar-refractivity contribution in [3.05, 3.63) is 58.7 Å². The fourth-order valence-electron chi connectivity index (χ4n) is 2.11. The summed E-state index contributed by atoms with van der Waals surface area (Å²) in [6.45, 7) is 1.35. The summed E-state index contributed by atoms with van der Waals surface area (Å²) in [6, 6.07) is 7.86. The maximum absolute atomic E-state index is 12.9. The van der Waals surface area contributed by atoms with Crippen molar-refractivity contribution in [2.45, 2.75) is 18.0 Å². The number of amides is 1. The summed E-state index contributed by atoms with van der Waals surface area (Å²) >= 11 is 4.13. The molecule has 0 bridgehead atoms. The van der Waals surface area contributed by atoms with Gasteiger partial charge in [-0.3, -0.25) is 4.79 Å². The predicted molar refractivity (Wildman–Crippen MR) is 84.8 cm³/mol. The normalized spacial score (nSPS) is 11.2. The lowest BCUT2D eigenvalue weighted by Gasteiger charge is -2.15. The number of halogens is 3. The van der Waals surface area contributed by atoms with Crippen LogP contribution in [0.25, 0.3) is 0 Å². The van der Waals surface area contributed by atoms with Crippen molar-refractivity contribution in [1.82, 2.24) is 0 Å². The van der Waals surface area contributed by atoms with Crippen LogP contribution >= 0.6 is 12.6 Å². The number of thiol groups is 1. The molecule has 4 nitrogen and oxygen atoms in total. The Kier molecular flexibility index (Phi) is 4.88. The first kappa shape index (κ1) is 17.9. The van der Waals surface area contributed by atoms with Crippen LogP contribution in [0.4, 0.5) is 18.9 Å². The highest BCUT2D eigenvalue weighted by Gasteiger charge is 2.36. The summed E-state index contributed by atoms with van der Waals surface area (Å²) < 4.78 is 38.8. The van der Waals surface area contributed by atoms with E-state index in [1.807, 2.05) is 0 Å². The highest BCUT2D eigenvalue weighted by molar-refractivity contribution is 7.80. The van der Waals surface area contributed by atoms with Gasteiger partial charge < -0.3 is 10.4 Å². The Morgan fingerprint density at radius 2 is 1.75 bits per heavy atom. The second-order valence-electron chi connectivity index (χ2n) is 4.99. The van der Waals surface area contributed by atoms with E-state index in [2.05, 4.69) is 17.9 Å². The number of carbonyl (C=O) groups is 2. The maximum atomic E-state index is 12.9. The molecule has 2 aromatic carbocycles. The Bertz CT molecular complexity index is 819. The van der Waals surface area contributed by atoms with Gasteiger partial charge in [-0.15, -0.1) is 12.6 Å². The predicted octanol–water partition coefficient (Wildman–Crippen LogP) is 4.25. The Morgan fingerprint density at radius 3 is 2.29 bits per heavy atom. The zero-order valence-corrected chi connectivity index (χ0v) is 13.2. The lowest BCUT2D eigenvalue weighted by Crippen LogP contribution is -2.17. The molecule has 0 saturated carbocycles. The van der Waals surface area contributed by atoms with Gasteiger partial charge in [0, 0.05) is 10.6 Å². The maximum Gasteiger partial charge on any atom is 0.417 e. The Balaban J connectivity index is 2.45. The molecule has 24 heavy (non-hydrogen) atoms. The van der Waals surface area contributed by atoms with Crippen LogP contribution in [0.15, 0.2) is 41.3 Å². The molecule has 8 heteroatoms. The molecule has 0 aliphatic carbocycles. The zero-order chi connectivity index (χ0) is 18.1. The van der Waals surface area contributed by atoms with Gasteiger partial charge >= 0.3 is 12.1 Å². The second-order valence-corrected chi connectivity index (χ2v) is 5.47. The van der Waals surface area contributed by atoms with E-state index in [1.54, 1.807) is 18.2 Å². The summed E-state index contributed by atoms with van der Waals surface area (Å²) in [5.74, 6) is -2.33. The van der Waals surface area contributed by atoms with Crippen molar-refractivity contribution < 1.29 is 27.9 Å². The van der Waals surface area contributed by atoms with Gasteiger partial charge in [-0.2, -0.15) is 13.2 Å². The monoisotopic (exact) mass is 355 g/mol. The Labute approximate surface area is 140 Å². The summed E-state index contributed by atoms with van der Waals surface area (Å²) in [6.07, 6.45) is -4.81. The fraction of sp³-hybridized carbons (Fsp3) is 0.125. The smallest absolute Gasteiger partial charge is 0.417 e. The third-order valence-corrected chi connectivity index (χ3v) is 3.69. The Morgan fingerprint density at radius 1 is 1.12 bits per heavy atom. The van der Waals surface area contributed by atoms with Crippen LogP contribution in [0.3, 0.4) is 0 Å². The van der Waals surface area contributed by atoms with Crippen LogP contribution in [0.5, 0.6) is 0 Å². The fourth-order valence-corrected chi connectivity index (χ4v) is 2.37. The summed E-state index contributed by atoms with van der Waals surface area (Å²) in [7, 11) is 0. The van der Waals surface area contributed by atoms with Crippen LogP contribution < -0.4 is 5.32 Å². The number of carbonyl (C=O) groups excluding carboxylic acids is 1. The first-order valence-electron chi connectivity index (χ1n) is 6.65. The van der Waals surface area contributed by atoms with Crippen molar-refractivity contribution in [2.75, 3.05) is 5.32 Å². The molecule has 1 amide bonds. The number of rotatable bonds is 3. The number of carboxylic acids is 1. The largest absolute Gasteiger partial charge is 0.478 e.